The third-order valence-electron chi connectivity index (χ3n) is 4.03. The van der Waals surface area contributed by atoms with Gasteiger partial charge in [0.1, 0.15) is 5.01 Å². The van der Waals surface area contributed by atoms with Crippen LogP contribution in [0.5, 0.6) is 0 Å². The van der Waals surface area contributed by atoms with E-state index < -0.39 is 0 Å². The van der Waals surface area contributed by atoms with E-state index in [1.807, 2.05) is 12.1 Å². The highest BCUT2D eigenvalue weighted by Crippen LogP contribution is 2.24. The monoisotopic (exact) mass is 336 g/mol. The Labute approximate surface area is 140 Å². The van der Waals surface area contributed by atoms with Crippen LogP contribution < -0.4 is 4.90 Å². The van der Waals surface area contributed by atoms with Crippen molar-refractivity contribution in [3.63, 3.8) is 0 Å². The second-order valence-corrected chi connectivity index (χ2v) is 7.03. The molecule has 6 heteroatoms. The Kier molecular flexibility index (Phi) is 5.28. The van der Waals surface area contributed by atoms with Crippen molar-refractivity contribution in [2.24, 2.45) is 0 Å². The van der Waals surface area contributed by atoms with Crippen molar-refractivity contribution >= 4 is 28.1 Å². The summed E-state index contributed by atoms with van der Waals surface area (Å²) in [7, 11) is 0. The average Bonchev–Trinajstić information content (AvgIpc) is 2.85. The Morgan fingerprint density at radius 3 is 2.68 bits per heavy atom. The van der Waals surface area contributed by atoms with Gasteiger partial charge in [0.15, 0.2) is 0 Å². The van der Waals surface area contributed by atoms with Crippen LogP contribution in [0.1, 0.15) is 23.9 Å². The fraction of sp³-hybridized carbons (Fsp3) is 0.500. The SMILES string of the molecule is CCN1CCCN(c2nnc(Cc3ccc(Cl)cc3)s2)CC1. The highest BCUT2D eigenvalue weighted by Gasteiger charge is 2.17. The summed E-state index contributed by atoms with van der Waals surface area (Å²) < 4.78 is 0. The Bertz CT molecular complexity index is 598. The van der Waals surface area contributed by atoms with Crippen LogP contribution in [-0.2, 0) is 6.42 Å². The molecule has 0 bridgehead atoms. The minimum absolute atomic E-state index is 0.770. The van der Waals surface area contributed by atoms with Gasteiger partial charge in [-0.1, -0.05) is 42.0 Å². The lowest BCUT2D eigenvalue weighted by Crippen LogP contribution is -2.30. The lowest BCUT2D eigenvalue weighted by Gasteiger charge is -2.19. The van der Waals surface area contributed by atoms with E-state index in [2.05, 4.69) is 39.1 Å². The van der Waals surface area contributed by atoms with E-state index >= 15 is 0 Å². The summed E-state index contributed by atoms with van der Waals surface area (Å²) in [4.78, 5) is 4.87. The molecular formula is C16H21ClN4S. The van der Waals surface area contributed by atoms with Crippen molar-refractivity contribution in [1.82, 2.24) is 15.1 Å². The first-order valence-corrected chi connectivity index (χ1v) is 8.98. The highest BCUT2D eigenvalue weighted by molar-refractivity contribution is 7.15. The minimum atomic E-state index is 0.770. The Hall–Kier alpha value is -1.17. The van der Waals surface area contributed by atoms with E-state index in [1.165, 1.54) is 18.5 Å². The molecule has 3 rings (SSSR count). The Morgan fingerprint density at radius 2 is 1.91 bits per heavy atom. The van der Waals surface area contributed by atoms with Crippen LogP contribution in [0.4, 0.5) is 5.13 Å². The van der Waals surface area contributed by atoms with Gasteiger partial charge in [-0.05, 0) is 37.2 Å². The predicted octanol–water partition coefficient (Wildman–Crippen LogP) is 3.31. The Morgan fingerprint density at radius 1 is 1.09 bits per heavy atom. The molecule has 0 radical (unpaired) electrons. The third-order valence-corrected chi connectivity index (χ3v) is 5.27. The van der Waals surface area contributed by atoms with Gasteiger partial charge in [-0.3, -0.25) is 0 Å². The second-order valence-electron chi connectivity index (χ2n) is 5.56. The number of rotatable bonds is 4. The van der Waals surface area contributed by atoms with Crippen LogP contribution in [0.25, 0.3) is 0 Å². The molecule has 1 aliphatic rings. The zero-order chi connectivity index (χ0) is 15.4. The van der Waals surface area contributed by atoms with E-state index in [-0.39, 0.29) is 0 Å². The van der Waals surface area contributed by atoms with E-state index in [0.717, 1.165) is 47.8 Å². The van der Waals surface area contributed by atoms with Crippen LogP contribution >= 0.6 is 22.9 Å². The van der Waals surface area contributed by atoms with Gasteiger partial charge in [-0.2, -0.15) is 0 Å². The van der Waals surface area contributed by atoms with Crippen molar-refractivity contribution in [3.8, 4) is 0 Å². The molecule has 0 spiro atoms. The smallest absolute Gasteiger partial charge is 0.208 e. The predicted molar refractivity (Wildman–Crippen MR) is 93.1 cm³/mol. The highest BCUT2D eigenvalue weighted by atomic mass is 35.5. The van der Waals surface area contributed by atoms with Crippen LogP contribution in [0.2, 0.25) is 5.02 Å². The Balaban J connectivity index is 1.64. The molecule has 2 aromatic rings. The average molecular weight is 337 g/mol. The summed E-state index contributed by atoms with van der Waals surface area (Å²) in [6, 6.07) is 7.95. The maximum Gasteiger partial charge on any atom is 0.208 e. The molecule has 22 heavy (non-hydrogen) atoms. The summed E-state index contributed by atoms with van der Waals surface area (Å²) in [6.07, 6.45) is 2.02. The summed E-state index contributed by atoms with van der Waals surface area (Å²) in [5.41, 5.74) is 1.22. The molecule has 118 valence electrons. The lowest BCUT2D eigenvalue weighted by molar-refractivity contribution is 0.310. The van der Waals surface area contributed by atoms with Gasteiger partial charge in [0.05, 0.1) is 0 Å². The summed E-state index contributed by atoms with van der Waals surface area (Å²) >= 11 is 7.63. The molecule has 1 aromatic carbocycles. The van der Waals surface area contributed by atoms with Gasteiger partial charge >= 0.3 is 0 Å². The van der Waals surface area contributed by atoms with E-state index in [1.54, 1.807) is 11.3 Å². The van der Waals surface area contributed by atoms with E-state index in [0.29, 0.717) is 0 Å². The topological polar surface area (TPSA) is 32.3 Å². The summed E-state index contributed by atoms with van der Waals surface area (Å²) in [5.74, 6) is 0. The molecule has 0 saturated carbocycles. The number of anilines is 1. The number of hydrogen-bond acceptors (Lipinski definition) is 5. The van der Waals surface area contributed by atoms with Gasteiger partial charge in [0, 0.05) is 31.1 Å². The molecule has 0 atom stereocenters. The molecule has 1 fully saturated rings. The maximum absolute atomic E-state index is 5.92. The zero-order valence-corrected chi connectivity index (χ0v) is 14.4. The van der Waals surface area contributed by atoms with E-state index in [4.69, 9.17) is 11.6 Å². The number of nitrogens with zero attached hydrogens (tertiary/aromatic N) is 4. The first kappa shape index (κ1) is 15.7. The van der Waals surface area contributed by atoms with Crippen molar-refractivity contribution in [2.45, 2.75) is 19.8 Å². The van der Waals surface area contributed by atoms with Gasteiger partial charge in [-0.15, -0.1) is 10.2 Å². The van der Waals surface area contributed by atoms with Crippen molar-refractivity contribution < 1.29 is 0 Å². The van der Waals surface area contributed by atoms with Gasteiger partial charge in [0.2, 0.25) is 5.13 Å². The lowest BCUT2D eigenvalue weighted by atomic mass is 10.2. The standard InChI is InChI=1S/C16H21ClN4S/c1-2-20-8-3-9-21(11-10-20)16-19-18-15(22-16)12-13-4-6-14(17)7-5-13/h4-7H,2-3,8-12H2,1H3. The van der Waals surface area contributed by atoms with Crippen LogP contribution in [0.15, 0.2) is 24.3 Å². The number of likely N-dealkylation sites (N-methyl/N-ethyl adjacent to an activating group) is 1. The fourth-order valence-electron chi connectivity index (χ4n) is 2.70. The molecule has 1 aromatic heterocycles. The molecule has 1 aliphatic heterocycles. The first-order chi connectivity index (χ1) is 10.7. The van der Waals surface area contributed by atoms with Gasteiger partial charge in [0.25, 0.3) is 0 Å². The van der Waals surface area contributed by atoms with Crippen LogP contribution in [-0.4, -0.2) is 47.8 Å². The zero-order valence-electron chi connectivity index (χ0n) is 12.8. The third kappa shape index (κ3) is 3.97. The van der Waals surface area contributed by atoms with Crippen molar-refractivity contribution in [3.05, 3.63) is 39.9 Å². The maximum atomic E-state index is 5.92. The summed E-state index contributed by atoms with van der Waals surface area (Å²) in [5, 5.41) is 11.6. The number of aromatic nitrogens is 2. The van der Waals surface area contributed by atoms with E-state index in [9.17, 15) is 0 Å². The number of hydrogen-bond donors (Lipinski definition) is 0. The van der Waals surface area contributed by atoms with Crippen LogP contribution in [0.3, 0.4) is 0 Å². The minimum Gasteiger partial charge on any atom is -0.345 e. The first-order valence-electron chi connectivity index (χ1n) is 7.78. The fourth-order valence-corrected chi connectivity index (χ4v) is 3.75. The molecule has 0 unspecified atom stereocenters. The van der Waals surface area contributed by atoms with Gasteiger partial charge in [-0.25, -0.2) is 0 Å². The molecule has 2 heterocycles. The molecule has 0 aliphatic carbocycles. The number of halogens is 1. The largest absolute Gasteiger partial charge is 0.345 e. The molecular weight excluding hydrogens is 316 g/mol. The molecule has 0 N–H and O–H groups in total. The normalized spacial score (nSPS) is 16.7. The van der Waals surface area contributed by atoms with Crippen molar-refractivity contribution in [2.75, 3.05) is 37.6 Å². The molecule has 4 nitrogen and oxygen atoms in total. The van der Waals surface area contributed by atoms with Gasteiger partial charge < -0.3 is 9.80 Å². The molecule has 0 amide bonds. The molecule has 1 saturated heterocycles. The van der Waals surface area contributed by atoms with Crippen molar-refractivity contribution in [1.29, 1.82) is 0 Å². The second kappa shape index (κ2) is 7.40. The quantitative estimate of drug-likeness (QED) is 0.857. The number of benzene rings is 1. The summed E-state index contributed by atoms with van der Waals surface area (Å²) in [6.45, 7) is 7.78. The van der Waals surface area contributed by atoms with Crippen LogP contribution in [0, 0.1) is 0 Å².